The molecule has 1 aliphatic carbocycles. The average Bonchev–Trinajstić information content (AvgIpc) is 3.20. The zero-order chi connectivity index (χ0) is 13.7. The SMILES string of the molecule is COc1ccc(N)c(NCCCC(=O)NC2CC2)c1. The van der Waals surface area contributed by atoms with E-state index in [1.54, 1.807) is 13.2 Å². The van der Waals surface area contributed by atoms with Crippen LogP contribution in [0, 0.1) is 0 Å². The summed E-state index contributed by atoms with van der Waals surface area (Å²) in [5.74, 6) is 0.908. The molecule has 1 fully saturated rings. The Morgan fingerprint density at radius 1 is 1.47 bits per heavy atom. The zero-order valence-corrected chi connectivity index (χ0v) is 11.2. The molecule has 1 aromatic rings. The van der Waals surface area contributed by atoms with Gasteiger partial charge in [0, 0.05) is 25.1 Å². The molecule has 19 heavy (non-hydrogen) atoms. The van der Waals surface area contributed by atoms with E-state index >= 15 is 0 Å². The predicted molar refractivity (Wildman–Crippen MR) is 76.3 cm³/mol. The quantitative estimate of drug-likeness (QED) is 0.517. The fourth-order valence-corrected chi connectivity index (χ4v) is 1.81. The van der Waals surface area contributed by atoms with E-state index in [1.807, 2.05) is 12.1 Å². The summed E-state index contributed by atoms with van der Waals surface area (Å²) in [4.78, 5) is 11.5. The van der Waals surface area contributed by atoms with Crippen molar-refractivity contribution in [2.75, 3.05) is 24.7 Å². The third kappa shape index (κ3) is 4.35. The van der Waals surface area contributed by atoms with E-state index in [2.05, 4.69) is 10.6 Å². The molecule has 4 N–H and O–H groups in total. The molecule has 0 aromatic heterocycles. The molecule has 0 unspecified atom stereocenters. The molecule has 0 spiro atoms. The first-order valence-electron chi connectivity index (χ1n) is 6.66. The van der Waals surface area contributed by atoms with E-state index < -0.39 is 0 Å². The van der Waals surface area contributed by atoms with Crippen LogP contribution in [0.5, 0.6) is 5.75 Å². The summed E-state index contributed by atoms with van der Waals surface area (Å²) in [6.45, 7) is 0.718. The van der Waals surface area contributed by atoms with Crippen molar-refractivity contribution in [2.45, 2.75) is 31.7 Å². The average molecular weight is 263 g/mol. The van der Waals surface area contributed by atoms with Crippen LogP contribution in [0.4, 0.5) is 11.4 Å². The number of methoxy groups -OCH3 is 1. The molecule has 5 nitrogen and oxygen atoms in total. The highest BCUT2D eigenvalue weighted by atomic mass is 16.5. The van der Waals surface area contributed by atoms with E-state index in [1.165, 1.54) is 0 Å². The number of rotatable bonds is 7. The Morgan fingerprint density at radius 3 is 2.95 bits per heavy atom. The van der Waals surface area contributed by atoms with Crippen molar-refractivity contribution in [1.82, 2.24) is 5.32 Å². The van der Waals surface area contributed by atoms with Crippen LogP contribution in [-0.2, 0) is 4.79 Å². The van der Waals surface area contributed by atoms with Gasteiger partial charge in [-0.25, -0.2) is 0 Å². The number of carbonyl (C=O) groups is 1. The highest BCUT2D eigenvalue weighted by molar-refractivity contribution is 5.76. The first kappa shape index (κ1) is 13.5. The smallest absolute Gasteiger partial charge is 0.220 e. The van der Waals surface area contributed by atoms with Crippen molar-refractivity contribution in [3.63, 3.8) is 0 Å². The Kier molecular flexibility index (Phi) is 4.49. The van der Waals surface area contributed by atoms with Gasteiger partial charge in [-0.15, -0.1) is 0 Å². The van der Waals surface area contributed by atoms with Crippen LogP contribution < -0.4 is 21.1 Å². The van der Waals surface area contributed by atoms with Crippen LogP contribution in [-0.4, -0.2) is 25.6 Å². The van der Waals surface area contributed by atoms with Gasteiger partial charge in [0.1, 0.15) is 5.75 Å². The number of nitrogens with one attached hydrogen (secondary N) is 2. The summed E-state index contributed by atoms with van der Waals surface area (Å²) in [5.41, 5.74) is 7.40. The molecule has 0 atom stereocenters. The van der Waals surface area contributed by atoms with Crippen molar-refractivity contribution in [3.8, 4) is 5.75 Å². The van der Waals surface area contributed by atoms with Gasteiger partial charge in [0.05, 0.1) is 18.5 Å². The standard InChI is InChI=1S/C14H21N3O2/c1-19-11-6-7-12(15)13(9-11)16-8-2-3-14(18)17-10-4-5-10/h6-7,9-10,16H,2-5,8,15H2,1H3,(H,17,18). The van der Waals surface area contributed by atoms with Crippen molar-refractivity contribution in [3.05, 3.63) is 18.2 Å². The second-order valence-corrected chi connectivity index (χ2v) is 4.83. The highest BCUT2D eigenvalue weighted by Crippen LogP contribution is 2.24. The van der Waals surface area contributed by atoms with E-state index in [4.69, 9.17) is 10.5 Å². The molecule has 1 aromatic carbocycles. The molecule has 0 bridgehead atoms. The van der Waals surface area contributed by atoms with Gasteiger partial charge in [-0.3, -0.25) is 4.79 Å². The minimum absolute atomic E-state index is 0.142. The number of amides is 1. The number of hydrogen-bond acceptors (Lipinski definition) is 4. The monoisotopic (exact) mass is 263 g/mol. The fourth-order valence-electron chi connectivity index (χ4n) is 1.81. The molecule has 1 saturated carbocycles. The Bertz CT molecular complexity index is 444. The van der Waals surface area contributed by atoms with Crippen LogP contribution in [0.3, 0.4) is 0 Å². The lowest BCUT2D eigenvalue weighted by molar-refractivity contribution is -0.121. The second-order valence-electron chi connectivity index (χ2n) is 4.83. The Labute approximate surface area is 113 Å². The van der Waals surface area contributed by atoms with E-state index in [0.717, 1.165) is 37.2 Å². The lowest BCUT2D eigenvalue weighted by atomic mass is 10.2. The van der Waals surface area contributed by atoms with Crippen molar-refractivity contribution in [1.29, 1.82) is 0 Å². The lowest BCUT2D eigenvalue weighted by Crippen LogP contribution is -2.25. The molecular formula is C14H21N3O2. The van der Waals surface area contributed by atoms with Crippen LogP contribution >= 0.6 is 0 Å². The molecule has 1 aliphatic rings. The summed E-state index contributed by atoms with van der Waals surface area (Å²) < 4.78 is 5.15. The summed E-state index contributed by atoms with van der Waals surface area (Å²) in [5, 5.41) is 6.20. The molecule has 1 amide bonds. The van der Waals surface area contributed by atoms with Crippen LogP contribution in [0.1, 0.15) is 25.7 Å². The molecule has 5 heteroatoms. The molecule has 0 heterocycles. The summed E-state index contributed by atoms with van der Waals surface area (Å²) in [7, 11) is 1.62. The molecule has 104 valence electrons. The van der Waals surface area contributed by atoms with Gasteiger partial charge in [0.2, 0.25) is 5.91 Å². The number of nitrogen functional groups attached to an aromatic ring is 1. The van der Waals surface area contributed by atoms with Gasteiger partial charge in [-0.2, -0.15) is 0 Å². The van der Waals surface area contributed by atoms with Crippen LogP contribution in [0.2, 0.25) is 0 Å². The largest absolute Gasteiger partial charge is 0.497 e. The number of hydrogen-bond donors (Lipinski definition) is 3. The normalized spacial score (nSPS) is 13.9. The third-order valence-electron chi connectivity index (χ3n) is 3.10. The molecular weight excluding hydrogens is 242 g/mol. The maximum atomic E-state index is 11.5. The number of nitrogens with two attached hydrogens (primary N) is 1. The van der Waals surface area contributed by atoms with Crippen molar-refractivity contribution >= 4 is 17.3 Å². The van der Waals surface area contributed by atoms with Gasteiger partial charge in [0.25, 0.3) is 0 Å². The first-order valence-corrected chi connectivity index (χ1v) is 6.66. The van der Waals surface area contributed by atoms with E-state index in [0.29, 0.717) is 18.2 Å². The predicted octanol–water partition coefficient (Wildman–Crippen LogP) is 1.75. The van der Waals surface area contributed by atoms with Crippen molar-refractivity contribution in [2.24, 2.45) is 0 Å². The molecule has 0 aliphatic heterocycles. The number of carbonyl (C=O) groups excluding carboxylic acids is 1. The molecule has 2 rings (SSSR count). The molecule has 0 saturated heterocycles. The minimum Gasteiger partial charge on any atom is -0.497 e. The molecule has 0 radical (unpaired) electrons. The minimum atomic E-state index is 0.142. The Morgan fingerprint density at radius 2 is 2.26 bits per heavy atom. The van der Waals surface area contributed by atoms with Gasteiger partial charge in [-0.05, 0) is 31.4 Å². The van der Waals surface area contributed by atoms with Crippen molar-refractivity contribution < 1.29 is 9.53 Å². The summed E-state index contributed by atoms with van der Waals surface area (Å²) >= 11 is 0. The van der Waals surface area contributed by atoms with Gasteiger partial charge >= 0.3 is 0 Å². The van der Waals surface area contributed by atoms with Gasteiger partial charge in [-0.1, -0.05) is 0 Å². The summed E-state index contributed by atoms with van der Waals surface area (Å²) in [6.07, 6.45) is 3.59. The zero-order valence-electron chi connectivity index (χ0n) is 11.2. The maximum absolute atomic E-state index is 11.5. The first-order chi connectivity index (χ1) is 9.19. The topological polar surface area (TPSA) is 76.4 Å². The Hall–Kier alpha value is -1.91. The fraction of sp³-hybridized carbons (Fsp3) is 0.500. The van der Waals surface area contributed by atoms with Gasteiger partial charge < -0.3 is 21.1 Å². The number of ether oxygens (including phenoxy) is 1. The second kappa shape index (κ2) is 6.31. The lowest BCUT2D eigenvalue weighted by Gasteiger charge is -2.10. The maximum Gasteiger partial charge on any atom is 0.220 e. The number of benzene rings is 1. The number of anilines is 2. The van der Waals surface area contributed by atoms with E-state index in [9.17, 15) is 4.79 Å². The summed E-state index contributed by atoms with van der Waals surface area (Å²) in [6, 6.07) is 5.93. The third-order valence-corrected chi connectivity index (χ3v) is 3.10. The van der Waals surface area contributed by atoms with Crippen LogP contribution in [0.15, 0.2) is 18.2 Å². The highest BCUT2D eigenvalue weighted by Gasteiger charge is 2.22. The van der Waals surface area contributed by atoms with E-state index in [-0.39, 0.29) is 5.91 Å². The Balaban J connectivity index is 1.70. The van der Waals surface area contributed by atoms with Crippen LogP contribution in [0.25, 0.3) is 0 Å². The van der Waals surface area contributed by atoms with Gasteiger partial charge in [0.15, 0.2) is 0 Å².